The first-order chi connectivity index (χ1) is 19.3. The Morgan fingerprint density at radius 1 is 0.700 bits per heavy atom. The molecular weight excluding hydrogens is 496 g/mol. The average molecular weight is 543 g/mol. The fourth-order valence-electron chi connectivity index (χ4n) is 6.78. The molecule has 3 aliphatic rings. The highest BCUT2D eigenvalue weighted by molar-refractivity contribution is 5.70. The summed E-state index contributed by atoms with van der Waals surface area (Å²) in [6, 6.07) is 0.218. The van der Waals surface area contributed by atoms with E-state index in [0.717, 1.165) is 61.3 Å². The highest BCUT2D eigenvalue weighted by Crippen LogP contribution is 2.34. The van der Waals surface area contributed by atoms with Crippen LogP contribution in [0, 0.1) is 13.8 Å². The van der Waals surface area contributed by atoms with Gasteiger partial charge in [-0.05, 0) is 135 Å². The van der Waals surface area contributed by atoms with E-state index in [1.807, 2.05) is 0 Å². The zero-order chi connectivity index (χ0) is 28.6. The van der Waals surface area contributed by atoms with E-state index in [1.165, 1.54) is 55.2 Å². The lowest BCUT2D eigenvalue weighted by Crippen LogP contribution is -2.27. The van der Waals surface area contributed by atoms with Gasteiger partial charge in [0, 0.05) is 46.7 Å². The van der Waals surface area contributed by atoms with Gasteiger partial charge in [0.05, 0.1) is 12.1 Å². The molecule has 0 aliphatic carbocycles. The van der Waals surface area contributed by atoms with E-state index in [2.05, 4.69) is 86.4 Å². The third-order valence-corrected chi connectivity index (χ3v) is 9.20. The summed E-state index contributed by atoms with van der Waals surface area (Å²) in [5.74, 6) is 0. The van der Waals surface area contributed by atoms with E-state index < -0.39 is 0 Å². The first-order valence-electron chi connectivity index (χ1n) is 15.0. The first kappa shape index (κ1) is 28.3. The molecule has 6 N–H and O–H groups in total. The van der Waals surface area contributed by atoms with Crippen LogP contribution in [-0.4, -0.2) is 45.5 Å². The van der Waals surface area contributed by atoms with Gasteiger partial charge in [-0.2, -0.15) is 0 Å². The highest BCUT2D eigenvalue weighted by Gasteiger charge is 2.27. The number of aliphatic hydroxyl groups excluding tert-OH is 2. The Morgan fingerprint density at radius 3 is 2.08 bits per heavy atom. The van der Waals surface area contributed by atoms with Gasteiger partial charge in [0.25, 0.3) is 0 Å². The number of rotatable bonds is 8. The van der Waals surface area contributed by atoms with Crippen LogP contribution < -0.4 is 21.3 Å². The normalized spacial score (nSPS) is 24.5. The summed E-state index contributed by atoms with van der Waals surface area (Å²) >= 11 is 0. The zero-order valence-corrected chi connectivity index (χ0v) is 25.0. The van der Waals surface area contributed by atoms with Gasteiger partial charge in [-0.1, -0.05) is 13.8 Å². The van der Waals surface area contributed by atoms with Gasteiger partial charge in [-0.25, -0.2) is 0 Å². The summed E-state index contributed by atoms with van der Waals surface area (Å²) < 4.78 is 0. The Morgan fingerprint density at radius 2 is 1.38 bits per heavy atom. The van der Waals surface area contributed by atoms with E-state index >= 15 is 0 Å². The maximum atomic E-state index is 9.65. The Kier molecular flexibility index (Phi) is 8.29. The van der Waals surface area contributed by atoms with Crippen LogP contribution >= 0.6 is 0 Å². The van der Waals surface area contributed by atoms with E-state index in [-0.39, 0.29) is 25.3 Å². The Hall–Kier alpha value is -3.22. The number of fused-ring (bicyclic) bond motifs is 8. The van der Waals surface area contributed by atoms with Gasteiger partial charge in [-0.15, -0.1) is 0 Å². The molecule has 214 valence electrons. The molecule has 2 aromatic heterocycles. The zero-order valence-electron chi connectivity index (χ0n) is 25.0. The molecule has 5 rings (SSSR count). The lowest BCUT2D eigenvalue weighted by Gasteiger charge is -2.10. The smallest absolute Gasteiger partial charge is 0.0687 e. The van der Waals surface area contributed by atoms with Gasteiger partial charge >= 0.3 is 0 Å². The van der Waals surface area contributed by atoms with Crippen LogP contribution in [0.4, 0.5) is 0 Å². The molecule has 0 fully saturated rings. The number of hydrogen-bond donors (Lipinski definition) is 6. The second kappa shape index (κ2) is 11.7. The molecule has 8 bridgehead atoms. The SMILES string of the molecule is CCC1=C(C)/C2=C/c3[nH]c(c(CCCO)c3C)/C=C3\NC(/C=c4\[nH]/c(c(C)c4CC)=C\C1N2)C(C)=C3CCCO. The Balaban J connectivity index is 1.78. The molecule has 0 saturated carbocycles. The van der Waals surface area contributed by atoms with Crippen molar-refractivity contribution in [2.24, 2.45) is 0 Å². The highest BCUT2D eigenvalue weighted by atomic mass is 16.3. The van der Waals surface area contributed by atoms with Crippen molar-refractivity contribution in [3.63, 3.8) is 0 Å². The number of nitrogens with one attached hydrogen (secondary N) is 4. The molecule has 5 heterocycles. The molecule has 0 spiro atoms. The van der Waals surface area contributed by atoms with Crippen LogP contribution in [0.15, 0.2) is 33.7 Å². The van der Waals surface area contributed by atoms with E-state index in [1.54, 1.807) is 0 Å². The fourth-order valence-corrected chi connectivity index (χ4v) is 6.78. The van der Waals surface area contributed by atoms with Crippen LogP contribution in [0.2, 0.25) is 0 Å². The van der Waals surface area contributed by atoms with Gasteiger partial charge in [0.15, 0.2) is 0 Å². The third kappa shape index (κ3) is 5.04. The maximum absolute atomic E-state index is 9.65. The van der Waals surface area contributed by atoms with Crippen LogP contribution in [0.1, 0.15) is 87.0 Å². The molecule has 2 atom stereocenters. The van der Waals surface area contributed by atoms with Crippen molar-refractivity contribution in [1.82, 2.24) is 20.6 Å². The monoisotopic (exact) mass is 542 g/mol. The van der Waals surface area contributed by atoms with Crippen molar-refractivity contribution < 1.29 is 10.2 Å². The molecule has 6 heteroatoms. The second-order valence-corrected chi connectivity index (χ2v) is 11.5. The number of hydrogen-bond acceptors (Lipinski definition) is 4. The van der Waals surface area contributed by atoms with Crippen LogP contribution in [0.5, 0.6) is 0 Å². The van der Waals surface area contributed by atoms with Gasteiger partial charge in [0.1, 0.15) is 0 Å². The summed E-state index contributed by atoms with van der Waals surface area (Å²) in [6.45, 7) is 13.7. The van der Waals surface area contributed by atoms with Crippen molar-refractivity contribution >= 4 is 24.3 Å². The van der Waals surface area contributed by atoms with Crippen LogP contribution in [0.3, 0.4) is 0 Å². The lowest BCUT2D eigenvalue weighted by molar-refractivity contribution is 0.288. The number of aliphatic hydroxyl groups is 2. The largest absolute Gasteiger partial charge is 0.396 e. The van der Waals surface area contributed by atoms with Crippen molar-refractivity contribution in [2.45, 2.75) is 92.2 Å². The minimum Gasteiger partial charge on any atom is -0.396 e. The van der Waals surface area contributed by atoms with Crippen molar-refractivity contribution in [3.8, 4) is 0 Å². The van der Waals surface area contributed by atoms with Crippen LogP contribution in [-0.2, 0) is 12.8 Å². The first-order valence-corrected chi connectivity index (χ1v) is 15.0. The summed E-state index contributed by atoms with van der Waals surface area (Å²) in [7, 11) is 0. The van der Waals surface area contributed by atoms with Crippen LogP contribution in [0.25, 0.3) is 24.3 Å². The van der Waals surface area contributed by atoms with Gasteiger partial charge in [0.2, 0.25) is 0 Å². The second-order valence-electron chi connectivity index (χ2n) is 11.5. The molecule has 0 radical (unpaired) electrons. The summed E-state index contributed by atoms with van der Waals surface area (Å²) in [5, 5.41) is 29.3. The Bertz CT molecular complexity index is 1540. The van der Waals surface area contributed by atoms with Gasteiger partial charge < -0.3 is 30.8 Å². The number of H-pyrrole nitrogens is 2. The average Bonchev–Trinajstić information content (AvgIpc) is 3.59. The molecule has 0 aromatic carbocycles. The minimum absolute atomic E-state index is 0.0740. The molecule has 6 nitrogen and oxygen atoms in total. The predicted molar refractivity (Wildman–Crippen MR) is 166 cm³/mol. The minimum atomic E-state index is 0.0740. The standard InChI is InChI=1S/C34H46N4O2/c1-7-23-19(3)27-15-28-21(5)25(11-9-13-39)33(37-28)18-34-26(12-10-14-40)22(6)30(38-34)17-32-24(8-2)20(4)29(36-32)16-31(23)35-27/h15-18,30-31,35-40H,7-14H2,1-6H3/b27-15-,29-16-,32-17-,34-18-. The van der Waals surface area contributed by atoms with Crippen molar-refractivity contribution in [2.75, 3.05) is 13.2 Å². The lowest BCUT2D eigenvalue weighted by atomic mass is 9.99. The summed E-state index contributed by atoms with van der Waals surface area (Å²) in [5.41, 5.74) is 15.0. The van der Waals surface area contributed by atoms with Crippen molar-refractivity contribution in [1.29, 1.82) is 0 Å². The summed E-state index contributed by atoms with van der Waals surface area (Å²) in [6.07, 6.45) is 14.3. The van der Waals surface area contributed by atoms with Crippen molar-refractivity contribution in [3.05, 3.63) is 78.0 Å². The predicted octanol–water partition coefficient (Wildman–Crippen LogP) is 4.16. The molecule has 2 aromatic rings. The summed E-state index contributed by atoms with van der Waals surface area (Å²) in [4.78, 5) is 7.53. The Labute approximate surface area is 238 Å². The molecule has 0 saturated heterocycles. The fraction of sp³-hybridized carbons (Fsp3) is 0.471. The van der Waals surface area contributed by atoms with Gasteiger partial charge in [-0.3, -0.25) is 0 Å². The van der Waals surface area contributed by atoms with E-state index in [4.69, 9.17) is 0 Å². The molecule has 0 amide bonds. The third-order valence-electron chi connectivity index (χ3n) is 9.20. The molecule has 40 heavy (non-hydrogen) atoms. The maximum Gasteiger partial charge on any atom is 0.0687 e. The molecular formula is C34H46N4O2. The number of aromatic nitrogens is 2. The number of allylic oxidation sites excluding steroid dienone is 2. The quantitative estimate of drug-likeness (QED) is 0.302. The topological polar surface area (TPSA) is 96.1 Å². The van der Waals surface area contributed by atoms with E-state index in [0.29, 0.717) is 0 Å². The molecule has 2 unspecified atom stereocenters. The molecule has 3 aliphatic heterocycles. The number of aromatic amines is 2. The van der Waals surface area contributed by atoms with E-state index in [9.17, 15) is 10.2 Å².